The molecule has 1 N–H and O–H groups in total. The molecule has 0 fully saturated rings. The Morgan fingerprint density at radius 2 is 1.94 bits per heavy atom. The maximum Gasteiger partial charge on any atom is 0.199 e. The number of aromatic hydroxyl groups is 1. The number of hydrogen-bond acceptors (Lipinski definition) is 3. The van der Waals surface area contributed by atoms with Gasteiger partial charge in [-0.15, -0.1) is 11.3 Å². The van der Waals surface area contributed by atoms with Gasteiger partial charge in [-0.3, -0.25) is 4.79 Å². The summed E-state index contributed by atoms with van der Waals surface area (Å²) in [6.45, 7) is 0. The summed E-state index contributed by atoms with van der Waals surface area (Å²) in [5, 5.41) is 11.7. The molecule has 0 radical (unpaired) electrons. The minimum atomic E-state index is -0.201. The van der Waals surface area contributed by atoms with E-state index < -0.39 is 0 Å². The van der Waals surface area contributed by atoms with Crippen LogP contribution in [0.15, 0.2) is 41.8 Å². The van der Waals surface area contributed by atoms with Crippen molar-refractivity contribution < 1.29 is 9.90 Å². The molecule has 0 unspecified atom stereocenters. The number of benzene rings is 1. The maximum absolute atomic E-state index is 11.7. The van der Waals surface area contributed by atoms with Crippen LogP contribution in [0.25, 0.3) is 6.08 Å². The number of halogens is 1. The standard InChI is InChI=1S/C13H9ClO2S/c14-10-4-1-9(2-5-10)3-6-11(15)13-12(16)7-8-17-13/h1-8,16H/b6-3+. The van der Waals surface area contributed by atoms with Crippen molar-refractivity contribution in [3.8, 4) is 5.75 Å². The zero-order valence-electron chi connectivity index (χ0n) is 8.76. The van der Waals surface area contributed by atoms with Crippen LogP contribution in [0.2, 0.25) is 5.02 Å². The molecule has 0 aliphatic heterocycles. The van der Waals surface area contributed by atoms with Crippen molar-refractivity contribution in [1.82, 2.24) is 0 Å². The van der Waals surface area contributed by atoms with Gasteiger partial charge in [-0.05, 0) is 35.2 Å². The van der Waals surface area contributed by atoms with Crippen LogP contribution in [0, 0.1) is 0 Å². The number of thiophene rings is 1. The Balaban J connectivity index is 2.14. The first-order valence-electron chi connectivity index (χ1n) is 4.91. The summed E-state index contributed by atoms with van der Waals surface area (Å²) in [7, 11) is 0. The summed E-state index contributed by atoms with van der Waals surface area (Å²) in [5.41, 5.74) is 0.888. The maximum atomic E-state index is 11.7. The molecule has 0 atom stereocenters. The summed E-state index contributed by atoms with van der Waals surface area (Å²) < 4.78 is 0. The van der Waals surface area contributed by atoms with Crippen molar-refractivity contribution in [2.75, 3.05) is 0 Å². The minimum absolute atomic E-state index is 0.0285. The third-order valence-corrected chi connectivity index (χ3v) is 3.34. The summed E-state index contributed by atoms with van der Waals surface area (Å²) in [6, 6.07) is 8.66. The van der Waals surface area contributed by atoms with E-state index in [-0.39, 0.29) is 11.5 Å². The lowest BCUT2D eigenvalue weighted by molar-refractivity contribution is 0.104. The molecule has 2 nitrogen and oxygen atoms in total. The van der Waals surface area contributed by atoms with Gasteiger partial charge in [0.1, 0.15) is 10.6 Å². The van der Waals surface area contributed by atoms with E-state index in [0.717, 1.165) is 5.56 Å². The van der Waals surface area contributed by atoms with Crippen molar-refractivity contribution in [2.24, 2.45) is 0 Å². The lowest BCUT2D eigenvalue weighted by Gasteiger charge is -1.94. The van der Waals surface area contributed by atoms with Crippen molar-refractivity contribution in [3.63, 3.8) is 0 Å². The topological polar surface area (TPSA) is 37.3 Å². The molecule has 4 heteroatoms. The summed E-state index contributed by atoms with van der Waals surface area (Å²) in [6.07, 6.45) is 3.13. The highest BCUT2D eigenvalue weighted by atomic mass is 35.5. The van der Waals surface area contributed by atoms with Crippen molar-refractivity contribution in [1.29, 1.82) is 0 Å². The molecule has 0 amide bonds. The van der Waals surface area contributed by atoms with Gasteiger partial charge in [0.15, 0.2) is 5.78 Å². The smallest absolute Gasteiger partial charge is 0.199 e. The Labute approximate surface area is 108 Å². The van der Waals surface area contributed by atoms with Gasteiger partial charge >= 0.3 is 0 Å². The Kier molecular flexibility index (Phi) is 3.61. The highest BCUT2D eigenvalue weighted by Gasteiger charge is 2.08. The first-order chi connectivity index (χ1) is 8.16. The molecule has 0 saturated heterocycles. The van der Waals surface area contributed by atoms with Crippen LogP contribution in [-0.4, -0.2) is 10.9 Å². The Morgan fingerprint density at radius 1 is 1.24 bits per heavy atom. The van der Waals surface area contributed by atoms with E-state index >= 15 is 0 Å². The van der Waals surface area contributed by atoms with Crippen molar-refractivity contribution in [3.05, 3.63) is 57.3 Å². The molecule has 1 aromatic heterocycles. The number of allylic oxidation sites excluding steroid dienone is 1. The molecule has 17 heavy (non-hydrogen) atoms. The third-order valence-electron chi connectivity index (χ3n) is 2.17. The Morgan fingerprint density at radius 3 is 2.53 bits per heavy atom. The average Bonchev–Trinajstić information content (AvgIpc) is 2.74. The third kappa shape index (κ3) is 2.96. The normalized spacial score (nSPS) is 10.9. The molecule has 0 aliphatic rings. The fourth-order valence-corrected chi connectivity index (χ4v) is 2.14. The number of carbonyl (C=O) groups excluding carboxylic acids is 1. The van der Waals surface area contributed by atoms with Gasteiger partial charge in [-0.25, -0.2) is 0 Å². The fraction of sp³-hybridized carbons (Fsp3) is 0. The molecule has 1 heterocycles. The van der Waals surface area contributed by atoms with Crippen LogP contribution < -0.4 is 0 Å². The van der Waals surface area contributed by atoms with Crippen molar-refractivity contribution in [2.45, 2.75) is 0 Å². The van der Waals surface area contributed by atoms with E-state index in [1.165, 1.54) is 23.5 Å². The largest absolute Gasteiger partial charge is 0.506 e. The van der Waals surface area contributed by atoms with Gasteiger partial charge in [0, 0.05) is 5.02 Å². The molecule has 86 valence electrons. The molecular weight excluding hydrogens is 256 g/mol. The van der Waals surface area contributed by atoms with Crippen LogP contribution in [-0.2, 0) is 0 Å². The summed E-state index contributed by atoms with van der Waals surface area (Å²) in [4.78, 5) is 12.1. The molecule has 2 rings (SSSR count). The van der Waals surface area contributed by atoms with Crippen LogP contribution in [0.4, 0.5) is 0 Å². The number of carbonyl (C=O) groups is 1. The Hall–Kier alpha value is -1.58. The first kappa shape index (κ1) is 11.9. The van der Waals surface area contributed by atoms with E-state index in [1.807, 2.05) is 12.1 Å². The highest BCUT2D eigenvalue weighted by molar-refractivity contribution is 7.12. The number of ketones is 1. The SMILES string of the molecule is O=C(/C=C/c1ccc(Cl)cc1)c1sccc1O. The van der Waals surface area contributed by atoms with Gasteiger partial charge in [-0.1, -0.05) is 29.8 Å². The van der Waals surface area contributed by atoms with Crippen LogP contribution in [0.5, 0.6) is 5.75 Å². The summed E-state index contributed by atoms with van der Waals surface area (Å²) >= 11 is 6.98. The van der Waals surface area contributed by atoms with E-state index in [2.05, 4.69) is 0 Å². The molecule has 2 aromatic rings. The van der Waals surface area contributed by atoms with Crippen molar-refractivity contribution >= 4 is 34.8 Å². The molecule has 0 spiro atoms. The zero-order chi connectivity index (χ0) is 12.3. The van der Waals surface area contributed by atoms with E-state index in [1.54, 1.807) is 23.6 Å². The monoisotopic (exact) mass is 264 g/mol. The average molecular weight is 265 g/mol. The second-order valence-corrected chi connectivity index (χ2v) is 4.74. The van der Waals surface area contributed by atoms with Crippen LogP contribution >= 0.6 is 22.9 Å². The Bertz CT molecular complexity index is 555. The van der Waals surface area contributed by atoms with Gasteiger partial charge in [0.05, 0.1) is 0 Å². The van der Waals surface area contributed by atoms with Crippen LogP contribution in [0.1, 0.15) is 15.2 Å². The summed E-state index contributed by atoms with van der Waals surface area (Å²) in [5.74, 6) is -0.173. The molecular formula is C13H9ClO2S. The lowest BCUT2D eigenvalue weighted by atomic mass is 10.2. The minimum Gasteiger partial charge on any atom is -0.506 e. The van der Waals surface area contributed by atoms with Gasteiger partial charge in [-0.2, -0.15) is 0 Å². The predicted molar refractivity (Wildman–Crippen MR) is 70.8 cm³/mol. The predicted octanol–water partition coefficient (Wildman–Crippen LogP) is 4.00. The quantitative estimate of drug-likeness (QED) is 0.672. The highest BCUT2D eigenvalue weighted by Crippen LogP contribution is 2.24. The second-order valence-electron chi connectivity index (χ2n) is 3.38. The van der Waals surface area contributed by atoms with Crippen LogP contribution in [0.3, 0.4) is 0 Å². The number of rotatable bonds is 3. The number of hydrogen-bond donors (Lipinski definition) is 1. The first-order valence-corrected chi connectivity index (χ1v) is 6.17. The molecule has 1 aromatic carbocycles. The molecule has 0 saturated carbocycles. The molecule has 0 aliphatic carbocycles. The van der Waals surface area contributed by atoms with E-state index in [4.69, 9.17) is 11.6 Å². The second kappa shape index (κ2) is 5.17. The molecule has 0 bridgehead atoms. The van der Waals surface area contributed by atoms with E-state index in [0.29, 0.717) is 9.90 Å². The fourth-order valence-electron chi connectivity index (χ4n) is 1.31. The van der Waals surface area contributed by atoms with Gasteiger partial charge in [0.25, 0.3) is 0 Å². The zero-order valence-corrected chi connectivity index (χ0v) is 10.3. The lowest BCUT2D eigenvalue weighted by Crippen LogP contribution is -1.89. The van der Waals surface area contributed by atoms with Gasteiger partial charge < -0.3 is 5.11 Å². The van der Waals surface area contributed by atoms with E-state index in [9.17, 15) is 9.90 Å². The van der Waals surface area contributed by atoms with Gasteiger partial charge in [0.2, 0.25) is 0 Å².